The van der Waals surface area contributed by atoms with Gasteiger partial charge in [0.15, 0.2) is 0 Å². The van der Waals surface area contributed by atoms with Gasteiger partial charge in [0.25, 0.3) is 0 Å². The standard InChI is InChI=1S/C10H14N2/c1-8-6-10(8,11)7-9-2-4-12-5-3-9/h2-5,8H,6-7,11H2,1H3. The Hall–Kier alpha value is -0.890. The van der Waals surface area contributed by atoms with Crippen LogP contribution in [0.4, 0.5) is 0 Å². The summed E-state index contributed by atoms with van der Waals surface area (Å²) >= 11 is 0. The lowest BCUT2D eigenvalue weighted by Crippen LogP contribution is -2.27. The van der Waals surface area contributed by atoms with Crippen molar-refractivity contribution < 1.29 is 0 Å². The maximum atomic E-state index is 6.10. The van der Waals surface area contributed by atoms with Crippen molar-refractivity contribution in [2.24, 2.45) is 11.7 Å². The minimum atomic E-state index is 0.0847. The normalized spacial score (nSPS) is 33.3. The second-order valence-electron chi connectivity index (χ2n) is 3.87. The topological polar surface area (TPSA) is 38.9 Å². The van der Waals surface area contributed by atoms with E-state index in [2.05, 4.69) is 11.9 Å². The number of aromatic nitrogens is 1. The van der Waals surface area contributed by atoms with Gasteiger partial charge >= 0.3 is 0 Å². The molecule has 0 saturated heterocycles. The summed E-state index contributed by atoms with van der Waals surface area (Å²) in [6.07, 6.45) is 5.81. The average molecular weight is 162 g/mol. The van der Waals surface area contributed by atoms with Crippen LogP contribution in [0.3, 0.4) is 0 Å². The summed E-state index contributed by atoms with van der Waals surface area (Å²) in [5.74, 6) is 0.686. The third-order valence-corrected chi connectivity index (χ3v) is 2.79. The van der Waals surface area contributed by atoms with Crippen LogP contribution in [0.1, 0.15) is 18.9 Å². The molecule has 2 nitrogen and oxygen atoms in total. The van der Waals surface area contributed by atoms with Crippen molar-refractivity contribution in [3.8, 4) is 0 Å². The molecule has 0 radical (unpaired) electrons. The fraction of sp³-hybridized carbons (Fsp3) is 0.500. The van der Waals surface area contributed by atoms with E-state index < -0.39 is 0 Å². The molecule has 64 valence electrons. The summed E-state index contributed by atoms with van der Waals surface area (Å²) in [7, 11) is 0. The molecule has 0 aromatic carbocycles. The van der Waals surface area contributed by atoms with Crippen molar-refractivity contribution in [2.45, 2.75) is 25.3 Å². The molecular weight excluding hydrogens is 148 g/mol. The molecular formula is C10H14N2. The van der Waals surface area contributed by atoms with E-state index in [4.69, 9.17) is 5.73 Å². The highest BCUT2D eigenvalue weighted by Gasteiger charge is 2.46. The Bertz CT molecular complexity index is 270. The predicted molar refractivity (Wildman–Crippen MR) is 48.6 cm³/mol. The summed E-state index contributed by atoms with van der Waals surface area (Å²) < 4.78 is 0. The first kappa shape index (κ1) is 7.74. The zero-order chi connectivity index (χ0) is 8.60. The van der Waals surface area contributed by atoms with Crippen LogP contribution < -0.4 is 5.73 Å². The fourth-order valence-electron chi connectivity index (χ4n) is 1.64. The molecule has 2 rings (SSSR count). The first-order chi connectivity index (χ1) is 5.71. The Balaban J connectivity index is 2.06. The van der Waals surface area contributed by atoms with Crippen LogP contribution in [0, 0.1) is 5.92 Å². The van der Waals surface area contributed by atoms with Crippen LogP contribution in [0.5, 0.6) is 0 Å². The van der Waals surface area contributed by atoms with E-state index in [1.165, 1.54) is 5.56 Å². The Morgan fingerprint density at radius 1 is 1.58 bits per heavy atom. The Kier molecular flexibility index (Phi) is 1.65. The Morgan fingerprint density at radius 3 is 2.67 bits per heavy atom. The van der Waals surface area contributed by atoms with Crippen molar-refractivity contribution in [1.29, 1.82) is 0 Å². The van der Waals surface area contributed by atoms with E-state index in [9.17, 15) is 0 Å². The summed E-state index contributed by atoms with van der Waals surface area (Å²) in [6.45, 7) is 2.21. The second kappa shape index (κ2) is 2.56. The molecule has 0 spiro atoms. The van der Waals surface area contributed by atoms with Crippen LogP contribution in [0.2, 0.25) is 0 Å². The van der Waals surface area contributed by atoms with E-state index in [1.807, 2.05) is 24.5 Å². The molecule has 1 saturated carbocycles. The maximum absolute atomic E-state index is 6.10. The first-order valence-corrected chi connectivity index (χ1v) is 4.38. The van der Waals surface area contributed by atoms with Crippen molar-refractivity contribution >= 4 is 0 Å². The van der Waals surface area contributed by atoms with Gasteiger partial charge in [-0.15, -0.1) is 0 Å². The van der Waals surface area contributed by atoms with Crippen molar-refractivity contribution in [1.82, 2.24) is 4.98 Å². The molecule has 2 unspecified atom stereocenters. The number of nitrogens with zero attached hydrogens (tertiary/aromatic N) is 1. The van der Waals surface area contributed by atoms with Crippen LogP contribution >= 0.6 is 0 Å². The summed E-state index contributed by atoms with van der Waals surface area (Å²) in [5, 5.41) is 0. The lowest BCUT2D eigenvalue weighted by molar-refractivity contribution is 0.614. The van der Waals surface area contributed by atoms with Gasteiger partial charge in [0.05, 0.1) is 0 Å². The molecule has 2 atom stereocenters. The second-order valence-corrected chi connectivity index (χ2v) is 3.87. The molecule has 0 amide bonds. The van der Waals surface area contributed by atoms with E-state index in [1.54, 1.807) is 0 Å². The number of pyridine rings is 1. The summed E-state index contributed by atoms with van der Waals surface area (Å²) in [5.41, 5.74) is 7.49. The summed E-state index contributed by atoms with van der Waals surface area (Å²) in [4.78, 5) is 3.97. The SMILES string of the molecule is CC1CC1(N)Cc1ccncc1. The summed E-state index contributed by atoms with van der Waals surface area (Å²) in [6, 6.07) is 4.08. The van der Waals surface area contributed by atoms with Gasteiger partial charge in [-0.05, 0) is 36.5 Å². The number of rotatable bonds is 2. The third kappa shape index (κ3) is 1.34. The molecule has 1 aliphatic carbocycles. The third-order valence-electron chi connectivity index (χ3n) is 2.79. The zero-order valence-corrected chi connectivity index (χ0v) is 7.33. The minimum Gasteiger partial charge on any atom is -0.325 e. The van der Waals surface area contributed by atoms with Crippen LogP contribution in [-0.2, 0) is 6.42 Å². The van der Waals surface area contributed by atoms with Gasteiger partial charge in [0.1, 0.15) is 0 Å². The largest absolute Gasteiger partial charge is 0.325 e. The van der Waals surface area contributed by atoms with Crippen molar-refractivity contribution in [3.63, 3.8) is 0 Å². The van der Waals surface area contributed by atoms with Crippen molar-refractivity contribution in [2.75, 3.05) is 0 Å². The smallest absolute Gasteiger partial charge is 0.0270 e. The molecule has 2 N–H and O–H groups in total. The molecule has 1 aromatic heterocycles. The lowest BCUT2D eigenvalue weighted by atomic mass is 10.0. The number of nitrogens with two attached hydrogens (primary N) is 1. The van der Waals surface area contributed by atoms with E-state index in [0.717, 1.165) is 12.8 Å². The molecule has 1 aliphatic rings. The first-order valence-electron chi connectivity index (χ1n) is 4.38. The minimum absolute atomic E-state index is 0.0847. The highest BCUT2D eigenvalue weighted by Crippen LogP contribution is 2.42. The highest BCUT2D eigenvalue weighted by molar-refractivity contribution is 5.19. The van der Waals surface area contributed by atoms with Crippen molar-refractivity contribution in [3.05, 3.63) is 30.1 Å². The average Bonchev–Trinajstić information content (AvgIpc) is 2.61. The lowest BCUT2D eigenvalue weighted by Gasteiger charge is -2.08. The van der Waals surface area contributed by atoms with Crippen LogP contribution in [-0.4, -0.2) is 10.5 Å². The Labute approximate surface area is 72.8 Å². The van der Waals surface area contributed by atoms with Crippen LogP contribution in [0.25, 0.3) is 0 Å². The Morgan fingerprint density at radius 2 is 2.17 bits per heavy atom. The predicted octanol–water partition coefficient (Wildman–Crippen LogP) is 1.36. The molecule has 1 aromatic rings. The van der Waals surface area contributed by atoms with Gasteiger partial charge in [0, 0.05) is 17.9 Å². The quantitative estimate of drug-likeness (QED) is 0.713. The van der Waals surface area contributed by atoms with Crippen LogP contribution in [0.15, 0.2) is 24.5 Å². The van der Waals surface area contributed by atoms with E-state index in [-0.39, 0.29) is 5.54 Å². The van der Waals surface area contributed by atoms with Gasteiger partial charge in [-0.1, -0.05) is 6.92 Å². The van der Waals surface area contributed by atoms with Gasteiger partial charge in [-0.25, -0.2) is 0 Å². The van der Waals surface area contributed by atoms with Gasteiger partial charge in [-0.2, -0.15) is 0 Å². The molecule has 0 bridgehead atoms. The molecule has 1 heterocycles. The monoisotopic (exact) mass is 162 g/mol. The molecule has 0 aliphatic heterocycles. The molecule has 1 fully saturated rings. The number of hydrogen-bond acceptors (Lipinski definition) is 2. The maximum Gasteiger partial charge on any atom is 0.0270 e. The van der Waals surface area contributed by atoms with Gasteiger partial charge in [0.2, 0.25) is 0 Å². The van der Waals surface area contributed by atoms with Gasteiger partial charge in [-0.3, -0.25) is 4.98 Å². The zero-order valence-electron chi connectivity index (χ0n) is 7.33. The van der Waals surface area contributed by atoms with E-state index >= 15 is 0 Å². The molecule has 12 heavy (non-hydrogen) atoms. The molecule has 2 heteroatoms. The number of hydrogen-bond donors (Lipinski definition) is 1. The highest BCUT2D eigenvalue weighted by atomic mass is 14.8. The van der Waals surface area contributed by atoms with E-state index in [0.29, 0.717) is 5.92 Å². The fourth-order valence-corrected chi connectivity index (χ4v) is 1.64. The van der Waals surface area contributed by atoms with Gasteiger partial charge < -0.3 is 5.73 Å².